The molecule has 0 saturated heterocycles. The zero-order valence-corrected chi connectivity index (χ0v) is 15.5. The maximum absolute atomic E-state index is 13.0. The van der Waals surface area contributed by atoms with Crippen molar-refractivity contribution in [1.29, 1.82) is 0 Å². The first-order valence-corrected chi connectivity index (χ1v) is 7.09. The second-order valence-electron chi connectivity index (χ2n) is 5.03. The highest BCUT2D eigenvalue weighted by molar-refractivity contribution is 14.0. The van der Waals surface area contributed by atoms with Crippen molar-refractivity contribution < 1.29 is 9.18 Å². The van der Waals surface area contributed by atoms with Crippen molar-refractivity contribution in [3.63, 3.8) is 0 Å². The molecule has 22 heavy (non-hydrogen) atoms. The summed E-state index contributed by atoms with van der Waals surface area (Å²) in [5.74, 6) is 0.404. The lowest BCUT2D eigenvalue weighted by Gasteiger charge is -2.12. The Morgan fingerprint density at radius 1 is 1.32 bits per heavy atom. The van der Waals surface area contributed by atoms with Crippen LogP contribution in [0.4, 0.5) is 10.1 Å². The average molecular weight is 422 g/mol. The number of nitrogens with one attached hydrogen (secondary N) is 3. The molecule has 1 rings (SSSR count). The summed E-state index contributed by atoms with van der Waals surface area (Å²) in [6.07, 6.45) is 0. The lowest BCUT2D eigenvalue weighted by Crippen LogP contribution is -2.39. The minimum absolute atomic E-state index is 0. The fraction of sp³-hybridized carbons (Fsp3) is 0.467. The number of anilines is 1. The number of guanidine groups is 1. The summed E-state index contributed by atoms with van der Waals surface area (Å²) in [6.45, 7) is 7.61. The largest absolute Gasteiger partial charge is 0.357 e. The fourth-order valence-electron chi connectivity index (χ4n) is 1.56. The van der Waals surface area contributed by atoms with Crippen molar-refractivity contribution in [1.82, 2.24) is 10.6 Å². The summed E-state index contributed by atoms with van der Waals surface area (Å²) in [7, 11) is 0. The lowest BCUT2D eigenvalue weighted by molar-refractivity contribution is -0.114. The highest BCUT2D eigenvalue weighted by Crippen LogP contribution is 2.08. The summed E-state index contributed by atoms with van der Waals surface area (Å²) >= 11 is 0. The van der Waals surface area contributed by atoms with Crippen LogP contribution in [0.15, 0.2) is 29.3 Å². The minimum Gasteiger partial charge on any atom is -0.357 e. The SMILES string of the molecule is CCNC(=NCC(=O)Nc1cccc(F)c1)NCC(C)C.I. The molecule has 0 aromatic heterocycles. The Morgan fingerprint density at radius 3 is 2.64 bits per heavy atom. The lowest BCUT2D eigenvalue weighted by atomic mass is 10.2. The molecule has 7 heteroatoms. The predicted molar refractivity (Wildman–Crippen MR) is 99.3 cm³/mol. The molecule has 0 unspecified atom stereocenters. The van der Waals surface area contributed by atoms with E-state index in [9.17, 15) is 9.18 Å². The van der Waals surface area contributed by atoms with Gasteiger partial charge >= 0.3 is 0 Å². The number of hydrogen-bond donors (Lipinski definition) is 3. The van der Waals surface area contributed by atoms with E-state index >= 15 is 0 Å². The van der Waals surface area contributed by atoms with Gasteiger partial charge in [-0.1, -0.05) is 19.9 Å². The van der Waals surface area contributed by atoms with Gasteiger partial charge in [-0.3, -0.25) is 4.79 Å². The smallest absolute Gasteiger partial charge is 0.246 e. The van der Waals surface area contributed by atoms with Gasteiger partial charge < -0.3 is 16.0 Å². The van der Waals surface area contributed by atoms with Gasteiger partial charge in [0.05, 0.1) is 0 Å². The van der Waals surface area contributed by atoms with Crippen molar-refractivity contribution >= 4 is 41.5 Å². The Balaban J connectivity index is 0.00000441. The van der Waals surface area contributed by atoms with Crippen LogP contribution in [0.2, 0.25) is 0 Å². The molecule has 5 nitrogen and oxygen atoms in total. The van der Waals surface area contributed by atoms with Crippen LogP contribution < -0.4 is 16.0 Å². The van der Waals surface area contributed by atoms with Gasteiger partial charge in [0.1, 0.15) is 12.4 Å². The summed E-state index contributed by atoms with van der Waals surface area (Å²) < 4.78 is 13.0. The molecule has 1 aromatic carbocycles. The minimum atomic E-state index is -0.386. The van der Waals surface area contributed by atoms with Crippen molar-refractivity contribution in [2.24, 2.45) is 10.9 Å². The summed E-state index contributed by atoms with van der Waals surface area (Å²) in [5.41, 5.74) is 0.426. The molecule has 1 aromatic rings. The van der Waals surface area contributed by atoms with Gasteiger partial charge in [0.15, 0.2) is 5.96 Å². The van der Waals surface area contributed by atoms with Crippen LogP contribution in [0.3, 0.4) is 0 Å². The Bertz CT molecular complexity index is 494. The quantitative estimate of drug-likeness (QED) is 0.375. The average Bonchev–Trinajstić information content (AvgIpc) is 2.42. The van der Waals surface area contributed by atoms with Gasteiger partial charge in [-0.05, 0) is 31.0 Å². The second kappa shape index (κ2) is 11.2. The monoisotopic (exact) mass is 422 g/mol. The summed E-state index contributed by atoms with van der Waals surface area (Å²) in [4.78, 5) is 16.0. The van der Waals surface area contributed by atoms with Crippen LogP contribution in [0.1, 0.15) is 20.8 Å². The van der Waals surface area contributed by atoms with Crippen molar-refractivity contribution in [2.75, 3.05) is 25.0 Å². The molecule has 0 bridgehead atoms. The van der Waals surface area contributed by atoms with Gasteiger partial charge in [0.25, 0.3) is 0 Å². The maximum Gasteiger partial charge on any atom is 0.246 e. The first-order chi connectivity index (χ1) is 10.0. The van der Waals surface area contributed by atoms with Crippen LogP contribution in [0, 0.1) is 11.7 Å². The molecule has 0 aliphatic rings. The third-order valence-electron chi connectivity index (χ3n) is 2.51. The van der Waals surface area contributed by atoms with Gasteiger partial charge in [-0.2, -0.15) is 0 Å². The third kappa shape index (κ3) is 8.81. The van der Waals surface area contributed by atoms with E-state index in [0.29, 0.717) is 17.6 Å². The number of benzene rings is 1. The molecular weight excluding hydrogens is 398 g/mol. The van der Waals surface area contributed by atoms with Crippen molar-refractivity contribution in [3.05, 3.63) is 30.1 Å². The van der Waals surface area contributed by atoms with E-state index in [2.05, 4.69) is 34.8 Å². The van der Waals surface area contributed by atoms with E-state index in [1.165, 1.54) is 12.1 Å². The zero-order valence-electron chi connectivity index (χ0n) is 13.1. The van der Waals surface area contributed by atoms with Crippen LogP contribution in [-0.2, 0) is 4.79 Å². The van der Waals surface area contributed by atoms with E-state index in [1.54, 1.807) is 12.1 Å². The Morgan fingerprint density at radius 2 is 2.05 bits per heavy atom. The van der Waals surface area contributed by atoms with Gasteiger partial charge in [0.2, 0.25) is 5.91 Å². The number of carbonyl (C=O) groups excluding carboxylic acids is 1. The molecule has 0 aliphatic heterocycles. The number of rotatable bonds is 6. The predicted octanol–water partition coefficient (Wildman–Crippen LogP) is 2.59. The molecule has 0 saturated carbocycles. The van der Waals surface area contributed by atoms with E-state index in [0.717, 1.165) is 13.1 Å². The number of nitrogens with zero attached hydrogens (tertiary/aromatic N) is 1. The third-order valence-corrected chi connectivity index (χ3v) is 2.51. The van der Waals surface area contributed by atoms with Gasteiger partial charge in [-0.25, -0.2) is 9.38 Å². The molecule has 0 heterocycles. The topological polar surface area (TPSA) is 65.5 Å². The highest BCUT2D eigenvalue weighted by atomic mass is 127. The molecule has 0 atom stereocenters. The molecule has 0 spiro atoms. The Kier molecular flexibility index (Phi) is 10.5. The number of halogens is 2. The Hall–Kier alpha value is -1.38. The molecular formula is C15H24FIN4O. The van der Waals surface area contributed by atoms with Gasteiger partial charge in [-0.15, -0.1) is 24.0 Å². The first kappa shape index (κ1) is 20.6. The van der Waals surface area contributed by atoms with E-state index in [1.807, 2.05) is 6.92 Å². The number of hydrogen-bond acceptors (Lipinski definition) is 2. The number of aliphatic imine (C=N–C) groups is 1. The van der Waals surface area contributed by atoms with Crippen molar-refractivity contribution in [3.8, 4) is 0 Å². The molecule has 0 aliphatic carbocycles. The summed E-state index contributed by atoms with van der Waals surface area (Å²) in [5, 5.41) is 8.82. The number of carbonyl (C=O) groups is 1. The number of amides is 1. The molecule has 0 fully saturated rings. The normalized spacial score (nSPS) is 10.9. The fourth-order valence-corrected chi connectivity index (χ4v) is 1.56. The summed E-state index contributed by atoms with van der Waals surface area (Å²) in [6, 6.07) is 5.77. The van der Waals surface area contributed by atoms with E-state index in [-0.39, 0.29) is 42.2 Å². The van der Waals surface area contributed by atoms with Crippen LogP contribution in [0.5, 0.6) is 0 Å². The van der Waals surface area contributed by atoms with Crippen LogP contribution in [0.25, 0.3) is 0 Å². The standard InChI is InChI=1S/C15H23FN4O.HI/c1-4-17-15(18-9-11(2)3)19-10-14(21)20-13-7-5-6-12(16)8-13;/h5-8,11H,4,9-10H2,1-3H3,(H,20,21)(H2,17,18,19);1H. The molecule has 0 radical (unpaired) electrons. The van der Waals surface area contributed by atoms with E-state index < -0.39 is 0 Å². The molecule has 124 valence electrons. The second-order valence-corrected chi connectivity index (χ2v) is 5.03. The highest BCUT2D eigenvalue weighted by Gasteiger charge is 2.04. The zero-order chi connectivity index (χ0) is 15.7. The Labute approximate surface area is 148 Å². The van der Waals surface area contributed by atoms with E-state index in [4.69, 9.17) is 0 Å². The molecule has 1 amide bonds. The van der Waals surface area contributed by atoms with Gasteiger partial charge in [0, 0.05) is 18.8 Å². The maximum atomic E-state index is 13.0. The van der Waals surface area contributed by atoms with Crippen LogP contribution >= 0.6 is 24.0 Å². The van der Waals surface area contributed by atoms with Crippen molar-refractivity contribution in [2.45, 2.75) is 20.8 Å². The first-order valence-electron chi connectivity index (χ1n) is 7.09. The molecule has 3 N–H and O–H groups in total. The van der Waals surface area contributed by atoms with Crippen LogP contribution in [-0.4, -0.2) is 31.5 Å².